The molecule has 338 valence electrons. The average Bonchev–Trinajstić information content (AvgIpc) is 4.15. The van der Waals surface area contributed by atoms with Gasteiger partial charge in [-0.3, -0.25) is 0 Å². The molecule has 0 aliphatic heterocycles. The summed E-state index contributed by atoms with van der Waals surface area (Å²) in [6.45, 7) is 0. The summed E-state index contributed by atoms with van der Waals surface area (Å²) >= 11 is 0. The zero-order valence-electron chi connectivity index (χ0n) is 39.5. The second-order valence-corrected chi connectivity index (χ2v) is 19.2. The van der Waals surface area contributed by atoms with Gasteiger partial charge in [-0.1, -0.05) is 224 Å². The maximum atomic E-state index is 5.83. The van der Waals surface area contributed by atoms with Gasteiger partial charge in [0.1, 0.15) is 5.58 Å². The molecule has 2 heteroatoms. The first-order chi connectivity index (χ1) is 35.7. The fourth-order valence-electron chi connectivity index (χ4n) is 12.4. The molecule has 2 nitrogen and oxygen atoms in total. The van der Waals surface area contributed by atoms with E-state index in [4.69, 9.17) is 4.42 Å². The lowest BCUT2D eigenvalue weighted by atomic mass is 9.67. The predicted molar refractivity (Wildman–Crippen MR) is 296 cm³/mol. The van der Waals surface area contributed by atoms with Crippen molar-refractivity contribution in [3.63, 3.8) is 0 Å². The first kappa shape index (κ1) is 41.7. The van der Waals surface area contributed by atoms with E-state index in [1.807, 2.05) is 6.07 Å². The van der Waals surface area contributed by atoms with Crippen LogP contribution in [0.1, 0.15) is 44.5 Å². The maximum absolute atomic E-state index is 5.83. The monoisotopic (exact) mass is 917 g/mol. The van der Waals surface area contributed by atoms with Crippen LogP contribution in [0.4, 0.5) is 17.1 Å². The van der Waals surface area contributed by atoms with Gasteiger partial charge in [-0.25, -0.2) is 0 Å². The number of hydrogen-bond donors (Lipinski definition) is 0. The summed E-state index contributed by atoms with van der Waals surface area (Å²) < 4.78 is 5.83. The first-order valence-corrected chi connectivity index (χ1v) is 24.9. The van der Waals surface area contributed by atoms with Crippen LogP contribution in [0.25, 0.3) is 55.5 Å². The molecule has 2 aliphatic carbocycles. The molecule has 72 heavy (non-hydrogen) atoms. The van der Waals surface area contributed by atoms with Gasteiger partial charge in [-0.05, 0) is 144 Å². The summed E-state index contributed by atoms with van der Waals surface area (Å²) in [5.74, 6) is 0. The van der Waals surface area contributed by atoms with Crippen LogP contribution < -0.4 is 4.90 Å². The molecule has 11 aromatic carbocycles. The smallest absolute Gasteiger partial charge is 0.134 e. The van der Waals surface area contributed by atoms with Crippen LogP contribution in [-0.2, 0) is 10.8 Å². The highest BCUT2D eigenvalue weighted by molar-refractivity contribution is 5.93. The molecule has 0 atom stereocenters. The van der Waals surface area contributed by atoms with E-state index in [0.717, 1.165) is 50.3 Å². The summed E-state index contributed by atoms with van der Waals surface area (Å²) in [5, 5.41) is 1.10. The van der Waals surface area contributed by atoms with Crippen molar-refractivity contribution in [2.45, 2.75) is 10.8 Å². The maximum Gasteiger partial charge on any atom is 0.134 e. The minimum Gasteiger partial charge on any atom is -0.464 e. The van der Waals surface area contributed by atoms with Crippen molar-refractivity contribution in [2.24, 2.45) is 0 Å². The number of furan rings is 1. The van der Waals surface area contributed by atoms with Gasteiger partial charge in [0.25, 0.3) is 0 Å². The summed E-state index contributed by atoms with van der Waals surface area (Å²) in [4.78, 5) is 2.49. The topological polar surface area (TPSA) is 16.4 Å². The van der Waals surface area contributed by atoms with Gasteiger partial charge < -0.3 is 9.32 Å². The summed E-state index contributed by atoms with van der Waals surface area (Å²) in [5.41, 5.74) is 22.6. The molecule has 12 aromatic rings. The Labute approximate surface area is 420 Å². The molecular weight excluding hydrogens is 871 g/mol. The average molecular weight is 918 g/mol. The predicted octanol–water partition coefficient (Wildman–Crippen LogP) is 18.0. The number of benzene rings is 11. The van der Waals surface area contributed by atoms with Crippen molar-refractivity contribution >= 4 is 28.0 Å². The van der Waals surface area contributed by atoms with Crippen LogP contribution in [0.5, 0.6) is 0 Å². The van der Waals surface area contributed by atoms with Crippen LogP contribution >= 0.6 is 0 Å². The van der Waals surface area contributed by atoms with Crippen LogP contribution in [0.2, 0.25) is 0 Å². The fourth-order valence-corrected chi connectivity index (χ4v) is 12.4. The van der Waals surface area contributed by atoms with E-state index < -0.39 is 10.8 Å². The zero-order chi connectivity index (χ0) is 47.6. The molecule has 0 N–H and O–H groups in total. The van der Waals surface area contributed by atoms with Crippen LogP contribution in [0.3, 0.4) is 0 Å². The van der Waals surface area contributed by atoms with Crippen molar-refractivity contribution in [1.29, 1.82) is 0 Å². The molecule has 2 aliphatic rings. The Morgan fingerprint density at radius 2 is 0.667 bits per heavy atom. The van der Waals surface area contributed by atoms with Gasteiger partial charge in [0.05, 0.1) is 17.1 Å². The molecule has 1 heterocycles. The molecule has 0 amide bonds. The molecule has 1 aromatic heterocycles. The minimum atomic E-state index is -0.563. The van der Waals surface area contributed by atoms with Crippen molar-refractivity contribution in [3.05, 3.63) is 330 Å². The Hall–Kier alpha value is -9.24. The summed E-state index contributed by atoms with van der Waals surface area (Å²) in [7, 11) is 0. The third-order valence-electron chi connectivity index (χ3n) is 15.5. The number of nitrogens with zero attached hydrogens (tertiary/aromatic N) is 1. The highest BCUT2D eigenvalue weighted by Crippen LogP contribution is 2.59. The van der Waals surface area contributed by atoms with Gasteiger partial charge in [-0.15, -0.1) is 0 Å². The Morgan fingerprint density at radius 1 is 0.264 bits per heavy atom. The second kappa shape index (κ2) is 16.7. The van der Waals surface area contributed by atoms with Crippen molar-refractivity contribution in [3.8, 4) is 44.5 Å². The van der Waals surface area contributed by atoms with Crippen molar-refractivity contribution in [2.75, 3.05) is 4.90 Å². The molecule has 0 fully saturated rings. The number of hydrogen-bond acceptors (Lipinski definition) is 2. The van der Waals surface area contributed by atoms with E-state index >= 15 is 0 Å². The molecule has 0 radical (unpaired) electrons. The third kappa shape index (κ3) is 6.29. The number of fused-ring (bicyclic) bond motifs is 7. The first-order valence-electron chi connectivity index (χ1n) is 24.9. The highest BCUT2D eigenvalue weighted by atomic mass is 16.3. The largest absolute Gasteiger partial charge is 0.464 e. The fraction of sp³-hybridized carbons (Fsp3) is 0.0286. The van der Waals surface area contributed by atoms with Crippen LogP contribution in [0, 0.1) is 0 Å². The molecule has 14 rings (SSSR count). The SMILES string of the molecule is c1ccc(C2(c3ccccc3)c3ccccc3-c3ccc(N(c4cccc(-c5cccc(-c6ccc7ccoc7c6)c5)c4)c4ccc5c(c4)C(c4ccccc4)(c4ccccc4)c4ccccc4-5)cc32)cc1. The molecule has 0 bridgehead atoms. The van der Waals surface area contributed by atoms with E-state index in [0.29, 0.717) is 0 Å². The van der Waals surface area contributed by atoms with Crippen LogP contribution in [-0.4, -0.2) is 0 Å². The molecule has 0 saturated heterocycles. The summed E-state index contributed by atoms with van der Waals surface area (Å²) in [6.07, 6.45) is 1.76. The van der Waals surface area contributed by atoms with Gasteiger partial charge in [0.15, 0.2) is 0 Å². The van der Waals surface area contributed by atoms with Gasteiger partial charge in [-0.2, -0.15) is 0 Å². The number of anilines is 3. The quantitative estimate of drug-likeness (QED) is 0.143. The lowest BCUT2D eigenvalue weighted by Crippen LogP contribution is -2.29. The molecular formula is C70H47NO. The normalized spacial score (nSPS) is 13.5. The number of rotatable bonds is 9. The summed E-state index contributed by atoms with van der Waals surface area (Å²) in [6, 6.07) is 103. The molecule has 0 saturated carbocycles. The Balaban J connectivity index is 1.02. The molecule has 0 unspecified atom stereocenters. The zero-order valence-corrected chi connectivity index (χ0v) is 39.5. The Morgan fingerprint density at radius 3 is 1.17 bits per heavy atom. The van der Waals surface area contributed by atoms with Gasteiger partial charge >= 0.3 is 0 Å². The Kier molecular flexibility index (Phi) is 9.69. The minimum absolute atomic E-state index is 0.563. The van der Waals surface area contributed by atoms with E-state index in [1.165, 1.54) is 66.8 Å². The second-order valence-electron chi connectivity index (χ2n) is 19.2. The van der Waals surface area contributed by atoms with Crippen molar-refractivity contribution in [1.82, 2.24) is 0 Å². The standard InChI is InChI=1S/C70H47NO/c1-5-22-53(23-6-1)69(54-24-7-2-8-25-54)64-33-15-13-31-60(64)62-39-37-58(46-66(62)69)71(57-30-18-21-51(44-57)49-19-17-20-50(43-49)52-36-35-48-41-42-72-68(48)45-52)59-38-40-63-61-32-14-16-34-65(61)70(67(63)47-59,55-26-9-3-10-27-55)56-28-11-4-12-29-56/h1-47H. The lowest BCUT2D eigenvalue weighted by Gasteiger charge is -2.36. The van der Waals surface area contributed by atoms with E-state index in [1.54, 1.807) is 6.26 Å². The Bertz CT molecular complexity index is 3720. The third-order valence-corrected chi connectivity index (χ3v) is 15.5. The van der Waals surface area contributed by atoms with E-state index in [-0.39, 0.29) is 0 Å². The van der Waals surface area contributed by atoms with E-state index in [9.17, 15) is 0 Å². The van der Waals surface area contributed by atoms with Crippen molar-refractivity contribution < 1.29 is 4.42 Å². The van der Waals surface area contributed by atoms with Crippen LogP contribution in [0.15, 0.2) is 290 Å². The lowest BCUT2D eigenvalue weighted by molar-refractivity contribution is 0.616. The van der Waals surface area contributed by atoms with E-state index in [2.05, 4.69) is 278 Å². The van der Waals surface area contributed by atoms with Gasteiger partial charge in [0, 0.05) is 22.4 Å². The highest BCUT2D eigenvalue weighted by Gasteiger charge is 2.48. The molecule has 0 spiro atoms. The van der Waals surface area contributed by atoms with Gasteiger partial charge in [0.2, 0.25) is 0 Å².